The van der Waals surface area contributed by atoms with Gasteiger partial charge in [-0.05, 0) is 55.3 Å². The minimum atomic E-state index is -0.331. The molecule has 1 heterocycles. The van der Waals surface area contributed by atoms with E-state index in [1.165, 1.54) is 6.92 Å². The van der Waals surface area contributed by atoms with E-state index in [1.54, 1.807) is 23.1 Å². The van der Waals surface area contributed by atoms with Gasteiger partial charge in [0.05, 0.1) is 6.04 Å². The fourth-order valence-electron chi connectivity index (χ4n) is 3.18. The molecule has 3 rings (SSSR count). The van der Waals surface area contributed by atoms with E-state index in [0.29, 0.717) is 17.8 Å². The molecular weight excluding hydrogens is 356 g/mol. The summed E-state index contributed by atoms with van der Waals surface area (Å²) in [6.07, 6.45) is 1.46. The van der Waals surface area contributed by atoms with Gasteiger partial charge in [0, 0.05) is 37.0 Å². The predicted octanol–water partition coefficient (Wildman–Crippen LogP) is 3.65. The van der Waals surface area contributed by atoms with E-state index in [-0.39, 0.29) is 23.9 Å². The van der Waals surface area contributed by atoms with Crippen LogP contribution in [0.3, 0.4) is 0 Å². The SMILES string of the molecule is CC(=O)Nc1cccc(C(C)NC(=O)Nc2ccc(N3CCCC3=O)cc2)c1. The average Bonchev–Trinajstić information content (AvgIpc) is 3.08. The number of nitrogens with one attached hydrogen (secondary N) is 3. The number of urea groups is 1. The van der Waals surface area contributed by atoms with Crippen LogP contribution in [0, 0.1) is 0 Å². The van der Waals surface area contributed by atoms with Gasteiger partial charge >= 0.3 is 6.03 Å². The molecule has 146 valence electrons. The summed E-state index contributed by atoms with van der Waals surface area (Å²) < 4.78 is 0. The smallest absolute Gasteiger partial charge is 0.319 e. The number of amides is 4. The Balaban J connectivity index is 1.57. The van der Waals surface area contributed by atoms with Crippen molar-refractivity contribution in [1.82, 2.24) is 5.32 Å². The zero-order valence-electron chi connectivity index (χ0n) is 16.0. The standard InChI is InChI=1S/C21H24N4O3/c1-14(16-5-3-6-18(13-16)23-15(2)26)22-21(28)24-17-8-10-19(11-9-17)25-12-4-7-20(25)27/h3,5-6,8-11,13-14H,4,7,12H2,1-2H3,(H,23,26)(H2,22,24,28). The van der Waals surface area contributed by atoms with Crippen LogP contribution in [0.1, 0.15) is 38.3 Å². The van der Waals surface area contributed by atoms with Crippen molar-refractivity contribution in [3.8, 4) is 0 Å². The van der Waals surface area contributed by atoms with E-state index in [2.05, 4.69) is 16.0 Å². The highest BCUT2D eigenvalue weighted by Crippen LogP contribution is 2.23. The van der Waals surface area contributed by atoms with Crippen LogP contribution in [0.2, 0.25) is 0 Å². The highest BCUT2D eigenvalue weighted by molar-refractivity contribution is 5.96. The Kier molecular flexibility index (Phi) is 5.93. The molecule has 28 heavy (non-hydrogen) atoms. The lowest BCUT2D eigenvalue weighted by Crippen LogP contribution is -2.31. The largest absolute Gasteiger partial charge is 0.331 e. The third kappa shape index (κ3) is 4.88. The molecule has 4 amide bonds. The van der Waals surface area contributed by atoms with E-state index >= 15 is 0 Å². The fourth-order valence-corrected chi connectivity index (χ4v) is 3.18. The van der Waals surface area contributed by atoms with Crippen molar-refractivity contribution < 1.29 is 14.4 Å². The monoisotopic (exact) mass is 380 g/mol. The second-order valence-corrected chi connectivity index (χ2v) is 6.82. The first-order chi connectivity index (χ1) is 13.4. The third-order valence-electron chi connectivity index (χ3n) is 4.56. The van der Waals surface area contributed by atoms with E-state index in [4.69, 9.17) is 0 Å². The Morgan fingerprint density at radius 3 is 2.43 bits per heavy atom. The molecule has 7 heteroatoms. The van der Waals surface area contributed by atoms with Crippen LogP contribution in [0.25, 0.3) is 0 Å². The van der Waals surface area contributed by atoms with Crippen molar-refractivity contribution in [3.05, 3.63) is 54.1 Å². The Hall–Kier alpha value is -3.35. The van der Waals surface area contributed by atoms with Crippen LogP contribution >= 0.6 is 0 Å². The first kappa shape index (κ1) is 19.4. The number of hydrogen-bond acceptors (Lipinski definition) is 3. The molecule has 2 aromatic carbocycles. The molecule has 1 unspecified atom stereocenters. The van der Waals surface area contributed by atoms with Crippen LogP contribution in [-0.2, 0) is 9.59 Å². The maximum Gasteiger partial charge on any atom is 0.319 e. The Morgan fingerprint density at radius 2 is 1.79 bits per heavy atom. The van der Waals surface area contributed by atoms with E-state index in [1.807, 2.05) is 37.3 Å². The van der Waals surface area contributed by atoms with Crippen molar-refractivity contribution in [2.45, 2.75) is 32.7 Å². The normalized spacial score (nSPS) is 14.5. The first-order valence-corrected chi connectivity index (χ1v) is 9.28. The molecule has 1 atom stereocenters. The van der Waals surface area contributed by atoms with E-state index in [9.17, 15) is 14.4 Å². The lowest BCUT2D eigenvalue weighted by molar-refractivity contribution is -0.117. The topological polar surface area (TPSA) is 90.5 Å². The van der Waals surface area contributed by atoms with Gasteiger partial charge in [0.1, 0.15) is 0 Å². The van der Waals surface area contributed by atoms with Gasteiger partial charge < -0.3 is 20.9 Å². The van der Waals surface area contributed by atoms with Crippen LogP contribution in [0.4, 0.5) is 21.9 Å². The Bertz CT molecular complexity index is 879. The van der Waals surface area contributed by atoms with Gasteiger partial charge in [-0.2, -0.15) is 0 Å². The first-order valence-electron chi connectivity index (χ1n) is 9.28. The van der Waals surface area contributed by atoms with Crippen LogP contribution in [0.5, 0.6) is 0 Å². The molecule has 0 bridgehead atoms. The molecule has 0 aromatic heterocycles. The maximum absolute atomic E-state index is 12.3. The zero-order valence-corrected chi connectivity index (χ0v) is 16.0. The summed E-state index contributed by atoms with van der Waals surface area (Å²) in [7, 11) is 0. The number of anilines is 3. The van der Waals surface area contributed by atoms with Crippen molar-refractivity contribution in [3.63, 3.8) is 0 Å². The average molecular weight is 380 g/mol. The molecule has 0 radical (unpaired) electrons. The number of benzene rings is 2. The summed E-state index contributed by atoms with van der Waals surface area (Å²) in [5, 5.41) is 8.40. The van der Waals surface area contributed by atoms with Crippen molar-refractivity contribution in [2.24, 2.45) is 0 Å². The number of carbonyl (C=O) groups excluding carboxylic acids is 3. The van der Waals surface area contributed by atoms with Gasteiger partial charge in [-0.3, -0.25) is 9.59 Å². The second kappa shape index (κ2) is 8.56. The zero-order chi connectivity index (χ0) is 20.1. The van der Waals surface area contributed by atoms with Gasteiger partial charge in [0.2, 0.25) is 11.8 Å². The number of rotatable bonds is 5. The quantitative estimate of drug-likeness (QED) is 0.739. The molecule has 1 fully saturated rings. The summed E-state index contributed by atoms with van der Waals surface area (Å²) in [5.74, 6) is -0.0108. The molecule has 2 aromatic rings. The molecule has 1 saturated heterocycles. The Labute approximate surface area is 164 Å². The summed E-state index contributed by atoms with van der Waals surface area (Å²) in [5.41, 5.74) is 3.05. The number of carbonyl (C=O) groups is 3. The van der Waals surface area contributed by atoms with Gasteiger partial charge in [0.15, 0.2) is 0 Å². The highest BCUT2D eigenvalue weighted by Gasteiger charge is 2.21. The lowest BCUT2D eigenvalue weighted by Gasteiger charge is -2.18. The van der Waals surface area contributed by atoms with E-state index < -0.39 is 0 Å². The van der Waals surface area contributed by atoms with Crippen molar-refractivity contribution in [1.29, 1.82) is 0 Å². The van der Waals surface area contributed by atoms with Crippen LogP contribution in [-0.4, -0.2) is 24.4 Å². The van der Waals surface area contributed by atoms with Crippen molar-refractivity contribution >= 4 is 34.9 Å². The molecule has 7 nitrogen and oxygen atoms in total. The summed E-state index contributed by atoms with van der Waals surface area (Å²) >= 11 is 0. The van der Waals surface area contributed by atoms with Crippen LogP contribution < -0.4 is 20.9 Å². The maximum atomic E-state index is 12.3. The van der Waals surface area contributed by atoms with Crippen molar-refractivity contribution in [2.75, 3.05) is 22.1 Å². The predicted molar refractivity (Wildman–Crippen MR) is 109 cm³/mol. The van der Waals surface area contributed by atoms with Gasteiger partial charge in [-0.25, -0.2) is 4.79 Å². The third-order valence-corrected chi connectivity index (χ3v) is 4.56. The lowest BCUT2D eigenvalue weighted by atomic mass is 10.1. The minimum Gasteiger partial charge on any atom is -0.331 e. The molecule has 0 spiro atoms. The summed E-state index contributed by atoms with van der Waals surface area (Å²) in [6.45, 7) is 4.06. The Morgan fingerprint density at radius 1 is 1.04 bits per heavy atom. The molecule has 1 aliphatic rings. The molecular formula is C21H24N4O3. The fraction of sp³-hybridized carbons (Fsp3) is 0.286. The summed E-state index contributed by atoms with van der Waals surface area (Å²) in [6, 6.07) is 14.0. The second-order valence-electron chi connectivity index (χ2n) is 6.82. The van der Waals surface area contributed by atoms with E-state index in [0.717, 1.165) is 24.2 Å². The van der Waals surface area contributed by atoms with Gasteiger partial charge in [0.25, 0.3) is 0 Å². The minimum absolute atomic E-state index is 0.133. The van der Waals surface area contributed by atoms with Gasteiger partial charge in [-0.15, -0.1) is 0 Å². The van der Waals surface area contributed by atoms with Gasteiger partial charge in [-0.1, -0.05) is 12.1 Å². The molecule has 0 aliphatic carbocycles. The van der Waals surface area contributed by atoms with Crippen LogP contribution in [0.15, 0.2) is 48.5 Å². The summed E-state index contributed by atoms with van der Waals surface area (Å²) in [4.78, 5) is 37.0. The molecule has 3 N–H and O–H groups in total. The number of hydrogen-bond donors (Lipinski definition) is 3. The highest BCUT2D eigenvalue weighted by atomic mass is 16.2. The number of nitrogens with zero attached hydrogens (tertiary/aromatic N) is 1. The molecule has 0 saturated carbocycles. The molecule has 1 aliphatic heterocycles.